The molecule has 1 aliphatic rings. The zero-order valence-corrected chi connectivity index (χ0v) is 12.6. The summed E-state index contributed by atoms with van der Waals surface area (Å²) in [6, 6.07) is 2.25. The van der Waals surface area contributed by atoms with E-state index >= 15 is 0 Å². The average Bonchev–Trinajstić information content (AvgIpc) is 3.16. The lowest BCUT2D eigenvalue weighted by Gasteiger charge is -2.24. The van der Waals surface area contributed by atoms with E-state index in [1.807, 2.05) is 4.68 Å². The normalized spacial score (nSPS) is 17.9. The Bertz CT molecular complexity index is 777. The number of fused-ring (bicyclic) bond motifs is 2. The van der Waals surface area contributed by atoms with Crippen molar-refractivity contribution in [1.29, 1.82) is 0 Å². The Morgan fingerprint density at radius 3 is 3.29 bits per heavy atom. The lowest BCUT2D eigenvalue weighted by molar-refractivity contribution is 0.437. The number of aromatic nitrogens is 5. The first kappa shape index (κ1) is 12.7. The fourth-order valence-corrected chi connectivity index (χ4v) is 3.54. The quantitative estimate of drug-likeness (QED) is 0.805. The highest BCUT2D eigenvalue weighted by Crippen LogP contribution is 2.31. The van der Waals surface area contributed by atoms with E-state index in [2.05, 4.69) is 43.7 Å². The topological polar surface area (TPSA) is 68.5 Å². The van der Waals surface area contributed by atoms with E-state index in [0.29, 0.717) is 0 Å². The molecule has 0 radical (unpaired) electrons. The van der Waals surface area contributed by atoms with Crippen LogP contribution in [-0.4, -0.2) is 24.7 Å². The van der Waals surface area contributed by atoms with Crippen LogP contribution in [-0.2, 0) is 13.0 Å². The summed E-state index contributed by atoms with van der Waals surface area (Å²) >= 11 is 1.66. The van der Waals surface area contributed by atoms with Crippen LogP contribution in [0.3, 0.4) is 0 Å². The van der Waals surface area contributed by atoms with Gasteiger partial charge in [0, 0.05) is 13.0 Å². The predicted molar refractivity (Wildman–Crippen MR) is 82.4 cm³/mol. The van der Waals surface area contributed by atoms with Crippen LogP contribution in [0.4, 0.5) is 5.82 Å². The number of hydrogen-bond acceptors (Lipinski definition) is 6. The van der Waals surface area contributed by atoms with Gasteiger partial charge >= 0.3 is 0 Å². The second-order valence-electron chi connectivity index (χ2n) is 5.16. The molecule has 1 unspecified atom stereocenters. The van der Waals surface area contributed by atoms with E-state index in [-0.39, 0.29) is 6.04 Å². The lowest BCUT2D eigenvalue weighted by atomic mass is 10.1. The smallest absolute Gasteiger partial charge is 0.149 e. The van der Waals surface area contributed by atoms with Crippen molar-refractivity contribution in [3.63, 3.8) is 0 Å². The Morgan fingerprint density at radius 1 is 1.43 bits per heavy atom. The highest BCUT2D eigenvalue weighted by Gasteiger charge is 2.23. The molecule has 0 bridgehead atoms. The van der Waals surface area contributed by atoms with Gasteiger partial charge in [0.05, 0.1) is 11.4 Å². The Kier molecular flexibility index (Phi) is 3.07. The summed E-state index contributed by atoms with van der Waals surface area (Å²) in [7, 11) is 0. The number of aryl methyl sites for hydroxylation is 2. The molecule has 108 valence electrons. The maximum absolute atomic E-state index is 4.67. The van der Waals surface area contributed by atoms with Crippen molar-refractivity contribution < 1.29 is 0 Å². The van der Waals surface area contributed by atoms with Crippen LogP contribution in [0.1, 0.15) is 37.5 Å². The van der Waals surface area contributed by atoms with E-state index in [9.17, 15) is 0 Å². The van der Waals surface area contributed by atoms with Gasteiger partial charge in [-0.2, -0.15) is 5.10 Å². The zero-order chi connectivity index (χ0) is 14.2. The van der Waals surface area contributed by atoms with Crippen molar-refractivity contribution in [2.24, 2.45) is 0 Å². The van der Waals surface area contributed by atoms with Crippen molar-refractivity contribution in [2.75, 3.05) is 5.32 Å². The van der Waals surface area contributed by atoms with Gasteiger partial charge < -0.3 is 5.32 Å². The molecule has 0 spiro atoms. The number of anilines is 1. The minimum atomic E-state index is 0.170. The summed E-state index contributed by atoms with van der Waals surface area (Å²) in [4.78, 5) is 14.7. The van der Waals surface area contributed by atoms with Gasteiger partial charge in [0.25, 0.3) is 0 Å². The molecule has 4 rings (SSSR count). The summed E-state index contributed by atoms with van der Waals surface area (Å²) in [5.74, 6) is 2.80. The first-order valence-corrected chi connectivity index (χ1v) is 8.11. The Labute approximate surface area is 126 Å². The molecule has 0 saturated heterocycles. The maximum Gasteiger partial charge on any atom is 0.149 e. The molecule has 3 aromatic rings. The molecule has 0 amide bonds. The first-order valence-electron chi connectivity index (χ1n) is 7.23. The number of thiophene rings is 1. The van der Waals surface area contributed by atoms with Gasteiger partial charge in [-0.15, -0.1) is 11.3 Å². The Morgan fingerprint density at radius 2 is 2.38 bits per heavy atom. The average molecular weight is 300 g/mol. The molecule has 1 aliphatic heterocycles. The second kappa shape index (κ2) is 5.07. The van der Waals surface area contributed by atoms with Gasteiger partial charge in [0.1, 0.15) is 28.6 Å². The van der Waals surface area contributed by atoms with E-state index in [4.69, 9.17) is 0 Å². The van der Waals surface area contributed by atoms with E-state index < -0.39 is 0 Å². The molecule has 4 heterocycles. The highest BCUT2D eigenvalue weighted by molar-refractivity contribution is 7.16. The van der Waals surface area contributed by atoms with Crippen LogP contribution in [0.25, 0.3) is 10.2 Å². The lowest BCUT2D eigenvalue weighted by Crippen LogP contribution is -2.23. The summed E-state index contributed by atoms with van der Waals surface area (Å²) in [6.45, 7) is 3.03. The van der Waals surface area contributed by atoms with E-state index in [0.717, 1.165) is 53.5 Å². The molecule has 1 atom stereocenters. The Hall–Kier alpha value is -2.02. The van der Waals surface area contributed by atoms with Crippen LogP contribution < -0.4 is 5.32 Å². The number of hydrogen-bond donors (Lipinski definition) is 1. The third kappa shape index (κ3) is 2.17. The van der Waals surface area contributed by atoms with Gasteiger partial charge in [0.15, 0.2) is 0 Å². The van der Waals surface area contributed by atoms with Crippen molar-refractivity contribution in [1.82, 2.24) is 24.7 Å². The number of nitrogens with one attached hydrogen (secondary N) is 1. The van der Waals surface area contributed by atoms with Crippen molar-refractivity contribution in [3.8, 4) is 0 Å². The molecule has 21 heavy (non-hydrogen) atoms. The number of rotatable bonds is 3. The third-order valence-corrected chi connectivity index (χ3v) is 4.63. The molecule has 6 nitrogen and oxygen atoms in total. The van der Waals surface area contributed by atoms with E-state index in [1.165, 1.54) is 0 Å². The summed E-state index contributed by atoms with van der Waals surface area (Å²) in [5.41, 5.74) is 0. The minimum absolute atomic E-state index is 0.170. The molecule has 0 aromatic carbocycles. The summed E-state index contributed by atoms with van der Waals surface area (Å²) in [5, 5.41) is 11.0. The number of nitrogens with zero attached hydrogens (tertiary/aromatic N) is 5. The third-order valence-electron chi connectivity index (χ3n) is 3.82. The van der Waals surface area contributed by atoms with E-state index in [1.54, 1.807) is 17.7 Å². The largest absolute Gasteiger partial charge is 0.359 e. The second-order valence-corrected chi connectivity index (χ2v) is 6.06. The van der Waals surface area contributed by atoms with Crippen molar-refractivity contribution >= 4 is 27.4 Å². The molecule has 0 fully saturated rings. The zero-order valence-electron chi connectivity index (χ0n) is 11.8. The Balaban J connectivity index is 1.73. The molecule has 7 heteroatoms. The van der Waals surface area contributed by atoms with Crippen LogP contribution in [0.15, 0.2) is 17.8 Å². The predicted octanol–water partition coefficient (Wildman–Crippen LogP) is 2.79. The fourth-order valence-electron chi connectivity index (χ4n) is 2.76. The SMILES string of the molecule is CCc1nc(NC2CCCn3ncnc32)c2ccsc2n1. The molecule has 0 aliphatic carbocycles. The standard InChI is InChI=1S/C14H16N6S/c1-2-11-18-12(9-5-7-21-14(9)19-11)17-10-4-3-6-20-13(10)15-8-16-20/h5,7-8,10H,2-4,6H2,1H3,(H,17,18,19). The summed E-state index contributed by atoms with van der Waals surface area (Å²) < 4.78 is 1.98. The van der Waals surface area contributed by atoms with Crippen molar-refractivity contribution in [3.05, 3.63) is 29.4 Å². The molecular formula is C14H16N6S. The molecule has 0 saturated carbocycles. The van der Waals surface area contributed by atoms with Crippen LogP contribution in [0.2, 0.25) is 0 Å². The first-order chi connectivity index (χ1) is 10.3. The summed E-state index contributed by atoms with van der Waals surface area (Å²) in [6.07, 6.45) is 4.62. The fraction of sp³-hybridized carbons (Fsp3) is 0.429. The van der Waals surface area contributed by atoms with Crippen molar-refractivity contribution in [2.45, 2.75) is 38.8 Å². The van der Waals surface area contributed by atoms with Gasteiger partial charge in [0.2, 0.25) is 0 Å². The monoisotopic (exact) mass is 300 g/mol. The van der Waals surface area contributed by atoms with Crippen LogP contribution >= 0.6 is 11.3 Å². The molecular weight excluding hydrogens is 284 g/mol. The van der Waals surface area contributed by atoms with Crippen LogP contribution in [0.5, 0.6) is 0 Å². The van der Waals surface area contributed by atoms with Gasteiger partial charge in [-0.1, -0.05) is 6.92 Å². The van der Waals surface area contributed by atoms with Gasteiger partial charge in [-0.05, 0) is 24.3 Å². The van der Waals surface area contributed by atoms with Gasteiger partial charge in [-0.25, -0.2) is 19.6 Å². The van der Waals surface area contributed by atoms with Gasteiger partial charge in [-0.3, -0.25) is 0 Å². The maximum atomic E-state index is 4.67. The highest BCUT2D eigenvalue weighted by atomic mass is 32.1. The minimum Gasteiger partial charge on any atom is -0.359 e. The molecule has 3 aromatic heterocycles. The molecule has 1 N–H and O–H groups in total. The van der Waals surface area contributed by atoms with Crippen LogP contribution in [0, 0.1) is 0 Å².